The number of hydrogen-bond donors (Lipinski definition) is 0. The summed E-state index contributed by atoms with van der Waals surface area (Å²) in [7, 11) is 0. The maximum Gasteiger partial charge on any atom is 0.160 e. The third-order valence-electron chi connectivity index (χ3n) is 13.5. The number of rotatable bonds is 7. The van der Waals surface area contributed by atoms with Crippen LogP contribution in [0.5, 0.6) is 0 Å². The molecule has 0 N–H and O–H groups in total. The lowest BCUT2D eigenvalue weighted by molar-refractivity contribution is 0.768. The first-order chi connectivity index (χ1) is 32.7. The van der Waals surface area contributed by atoms with Crippen molar-refractivity contribution in [2.45, 2.75) is 5.41 Å². The van der Waals surface area contributed by atoms with E-state index < -0.39 is 5.41 Å². The molecule has 0 radical (unpaired) electrons. The van der Waals surface area contributed by atoms with Gasteiger partial charge in [-0.1, -0.05) is 188 Å². The molecular weight excluding hydrogens is 817 g/mol. The van der Waals surface area contributed by atoms with Gasteiger partial charge in [0, 0.05) is 36.9 Å². The SMILES string of the molecule is c1ccc(-c2nc(-c3cc(-c4ccc5ccccc5c4)cc(-c4ccc5sc6ccccc6c5c4)c3)cc(-c3ccc4c(c3)C(c3ccccc3)(c3ccccc3)c3ccccc3-4)n2)cc1. The first-order valence-electron chi connectivity index (χ1n) is 22.5. The lowest BCUT2D eigenvalue weighted by atomic mass is 9.67. The van der Waals surface area contributed by atoms with Crippen LogP contribution in [0.3, 0.4) is 0 Å². The summed E-state index contributed by atoms with van der Waals surface area (Å²) in [4.78, 5) is 10.8. The van der Waals surface area contributed by atoms with E-state index in [2.05, 4.69) is 237 Å². The first kappa shape index (κ1) is 38.2. The van der Waals surface area contributed by atoms with Crippen LogP contribution in [0.25, 0.3) is 98.2 Å². The summed E-state index contributed by atoms with van der Waals surface area (Å²) in [6.45, 7) is 0. The van der Waals surface area contributed by atoms with E-state index in [0.717, 1.165) is 44.8 Å². The van der Waals surface area contributed by atoms with Crippen LogP contribution in [0.2, 0.25) is 0 Å². The summed E-state index contributed by atoms with van der Waals surface area (Å²) in [6.07, 6.45) is 0. The van der Waals surface area contributed by atoms with Gasteiger partial charge in [-0.05, 0) is 121 Å². The zero-order valence-electron chi connectivity index (χ0n) is 35.9. The molecule has 3 heteroatoms. The predicted molar refractivity (Wildman–Crippen MR) is 277 cm³/mol. The van der Waals surface area contributed by atoms with Crippen LogP contribution >= 0.6 is 11.3 Å². The first-order valence-corrected chi connectivity index (χ1v) is 23.4. The summed E-state index contributed by atoms with van der Waals surface area (Å²) < 4.78 is 2.59. The van der Waals surface area contributed by atoms with E-state index in [4.69, 9.17) is 9.97 Å². The minimum atomic E-state index is -0.527. The Kier molecular flexibility index (Phi) is 8.97. The van der Waals surface area contributed by atoms with E-state index in [0.29, 0.717) is 5.82 Å². The maximum absolute atomic E-state index is 5.42. The van der Waals surface area contributed by atoms with Gasteiger partial charge in [0.2, 0.25) is 0 Å². The molecule has 0 unspecified atom stereocenters. The normalized spacial score (nSPS) is 12.7. The van der Waals surface area contributed by atoms with Crippen molar-refractivity contribution in [3.05, 3.63) is 265 Å². The average Bonchev–Trinajstić information content (AvgIpc) is 3.92. The zero-order valence-corrected chi connectivity index (χ0v) is 36.7. The second-order valence-corrected chi connectivity index (χ2v) is 18.4. The van der Waals surface area contributed by atoms with Crippen molar-refractivity contribution in [3.63, 3.8) is 0 Å². The van der Waals surface area contributed by atoms with Gasteiger partial charge in [-0.2, -0.15) is 0 Å². The van der Waals surface area contributed by atoms with Crippen LogP contribution in [-0.2, 0) is 5.41 Å². The van der Waals surface area contributed by atoms with Crippen molar-refractivity contribution >= 4 is 42.3 Å². The summed E-state index contributed by atoms with van der Waals surface area (Å²) in [6, 6.07) is 88.4. The van der Waals surface area contributed by atoms with E-state index in [9.17, 15) is 0 Å². The Hall–Kier alpha value is -8.24. The third kappa shape index (κ3) is 6.23. The summed E-state index contributed by atoms with van der Waals surface area (Å²) >= 11 is 1.85. The number of benzene rings is 10. The molecule has 0 aliphatic heterocycles. The Balaban J connectivity index is 1.04. The van der Waals surface area contributed by atoms with E-state index in [1.807, 2.05) is 17.4 Å². The Bertz CT molecular complexity index is 3780. The van der Waals surface area contributed by atoms with E-state index in [1.165, 1.54) is 69.9 Å². The number of fused-ring (bicyclic) bond motifs is 7. The summed E-state index contributed by atoms with van der Waals surface area (Å²) in [5, 5.41) is 5.01. The minimum absolute atomic E-state index is 0.527. The van der Waals surface area contributed by atoms with Gasteiger partial charge in [0.25, 0.3) is 0 Å². The second kappa shape index (κ2) is 15.5. The largest absolute Gasteiger partial charge is 0.228 e. The van der Waals surface area contributed by atoms with Crippen LogP contribution in [0, 0.1) is 0 Å². The molecule has 0 saturated carbocycles. The van der Waals surface area contributed by atoms with Gasteiger partial charge in [0.1, 0.15) is 0 Å². The highest BCUT2D eigenvalue weighted by Crippen LogP contribution is 2.56. The van der Waals surface area contributed by atoms with Crippen LogP contribution in [0.15, 0.2) is 243 Å². The Labute approximate surface area is 387 Å². The molecule has 2 aromatic heterocycles. The van der Waals surface area contributed by atoms with Crippen molar-refractivity contribution in [3.8, 4) is 67.3 Å². The molecule has 1 aliphatic rings. The molecule has 0 spiro atoms. The quantitative estimate of drug-likeness (QED) is 0.160. The average molecular weight is 857 g/mol. The van der Waals surface area contributed by atoms with Gasteiger partial charge in [-0.15, -0.1) is 11.3 Å². The molecule has 308 valence electrons. The van der Waals surface area contributed by atoms with Gasteiger partial charge < -0.3 is 0 Å². The molecule has 13 rings (SSSR count). The molecule has 0 amide bonds. The topological polar surface area (TPSA) is 25.8 Å². The molecular formula is C63H40N2S. The lowest BCUT2D eigenvalue weighted by Gasteiger charge is -2.34. The van der Waals surface area contributed by atoms with E-state index in [1.54, 1.807) is 0 Å². The van der Waals surface area contributed by atoms with E-state index in [-0.39, 0.29) is 0 Å². The number of aromatic nitrogens is 2. The van der Waals surface area contributed by atoms with Crippen molar-refractivity contribution in [1.29, 1.82) is 0 Å². The van der Waals surface area contributed by atoms with Gasteiger partial charge in [0.05, 0.1) is 16.8 Å². The molecule has 2 heterocycles. The van der Waals surface area contributed by atoms with Crippen molar-refractivity contribution < 1.29 is 0 Å². The molecule has 1 aliphatic carbocycles. The van der Waals surface area contributed by atoms with Gasteiger partial charge >= 0.3 is 0 Å². The molecule has 0 fully saturated rings. The molecule has 0 bridgehead atoms. The predicted octanol–water partition coefficient (Wildman–Crippen LogP) is 16.7. The molecule has 10 aromatic carbocycles. The van der Waals surface area contributed by atoms with Gasteiger partial charge in [-0.25, -0.2) is 9.97 Å². The molecule has 0 atom stereocenters. The Morgan fingerprint density at radius 3 is 1.64 bits per heavy atom. The van der Waals surface area contributed by atoms with Crippen LogP contribution in [0.1, 0.15) is 22.3 Å². The zero-order chi connectivity index (χ0) is 43.6. The number of nitrogens with zero attached hydrogens (tertiary/aromatic N) is 2. The third-order valence-corrected chi connectivity index (χ3v) is 14.7. The van der Waals surface area contributed by atoms with Crippen molar-refractivity contribution in [1.82, 2.24) is 9.97 Å². The van der Waals surface area contributed by atoms with E-state index >= 15 is 0 Å². The monoisotopic (exact) mass is 856 g/mol. The highest BCUT2D eigenvalue weighted by Gasteiger charge is 2.46. The smallest absolute Gasteiger partial charge is 0.160 e. The van der Waals surface area contributed by atoms with Crippen molar-refractivity contribution in [2.24, 2.45) is 0 Å². The fourth-order valence-electron chi connectivity index (χ4n) is 10.4. The number of hydrogen-bond acceptors (Lipinski definition) is 3. The Morgan fingerprint density at radius 1 is 0.303 bits per heavy atom. The van der Waals surface area contributed by atoms with Crippen molar-refractivity contribution in [2.75, 3.05) is 0 Å². The second-order valence-electron chi connectivity index (χ2n) is 17.3. The molecule has 2 nitrogen and oxygen atoms in total. The Morgan fingerprint density at radius 2 is 0.864 bits per heavy atom. The highest BCUT2D eigenvalue weighted by molar-refractivity contribution is 7.25. The standard InChI is InChI=1S/C63H40N2S/c1-4-17-42(18-5-1)62-64-58(46-30-32-53-52-24-12-14-26-56(52)63(57(53)39-46,50-20-6-2-7-21-50)51-22-8-3-9-23-51)40-59(65-62)49-36-47(44-29-28-41-16-10-11-19-43(41)34-44)35-48(37-49)45-31-33-61-55(38-45)54-25-13-15-27-60(54)66-61/h1-40H. The highest BCUT2D eigenvalue weighted by atomic mass is 32.1. The summed E-state index contributed by atoms with van der Waals surface area (Å²) in [5.74, 6) is 0.688. The van der Waals surface area contributed by atoms with Gasteiger partial charge in [0.15, 0.2) is 5.82 Å². The lowest BCUT2D eigenvalue weighted by Crippen LogP contribution is -2.28. The minimum Gasteiger partial charge on any atom is -0.228 e. The molecule has 66 heavy (non-hydrogen) atoms. The van der Waals surface area contributed by atoms with Crippen LogP contribution < -0.4 is 0 Å². The fourth-order valence-corrected chi connectivity index (χ4v) is 11.5. The molecule has 12 aromatic rings. The number of thiophene rings is 1. The van der Waals surface area contributed by atoms with Crippen LogP contribution in [-0.4, -0.2) is 9.97 Å². The fraction of sp³-hybridized carbons (Fsp3) is 0.0159. The maximum atomic E-state index is 5.42. The summed E-state index contributed by atoms with van der Waals surface area (Å²) in [5.41, 5.74) is 16.4. The van der Waals surface area contributed by atoms with Crippen LogP contribution in [0.4, 0.5) is 0 Å². The van der Waals surface area contributed by atoms with Gasteiger partial charge in [-0.3, -0.25) is 0 Å². The molecule has 0 saturated heterocycles.